The van der Waals surface area contributed by atoms with Crippen molar-refractivity contribution in [3.8, 4) is 0 Å². The number of hydrogen-bond acceptors (Lipinski definition) is 4. The van der Waals surface area contributed by atoms with E-state index >= 15 is 0 Å². The van der Waals surface area contributed by atoms with E-state index in [4.69, 9.17) is 0 Å². The van der Waals surface area contributed by atoms with Crippen molar-refractivity contribution in [1.82, 2.24) is 0 Å². The average molecular weight is 222 g/mol. The van der Waals surface area contributed by atoms with Crippen LogP contribution in [0.25, 0.3) is 0 Å². The van der Waals surface area contributed by atoms with Crippen LogP contribution < -0.4 is 0 Å². The van der Waals surface area contributed by atoms with E-state index in [1.165, 1.54) is 0 Å². The third-order valence-electron chi connectivity index (χ3n) is 3.27. The van der Waals surface area contributed by atoms with Crippen LogP contribution in [0.4, 0.5) is 0 Å². The van der Waals surface area contributed by atoms with Crippen LogP contribution in [0.15, 0.2) is 9.98 Å². The highest BCUT2D eigenvalue weighted by atomic mass is 16.1. The van der Waals surface area contributed by atoms with Crippen molar-refractivity contribution in [3.05, 3.63) is 0 Å². The van der Waals surface area contributed by atoms with Crippen LogP contribution in [-0.4, -0.2) is 24.2 Å². The van der Waals surface area contributed by atoms with Crippen LogP contribution in [-0.2, 0) is 9.59 Å². The van der Waals surface area contributed by atoms with Gasteiger partial charge in [-0.15, -0.1) is 0 Å². The van der Waals surface area contributed by atoms with Gasteiger partial charge in [-0.2, -0.15) is 0 Å². The van der Waals surface area contributed by atoms with Gasteiger partial charge in [-0.1, -0.05) is 20.8 Å². The van der Waals surface area contributed by atoms with Crippen molar-refractivity contribution in [3.63, 3.8) is 0 Å². The monoisotopic (exact) mass is 222 g/mol. The summed E-state index contributed by atoms with van der Waals surface area (Å²) in [5, 5.41) is 0. The second-order valence-electron chi connectivity index (χ2n) is 5.40. The minimum absolute atomic E-state index is 0.0313. The SMILES string of the molecule is CC(C)(C)C1C(N=C=O)CCCC1N=C=O. The lowest BCUT2D eigenvalue weighted by Crippen LogP contribution is -2.42. The van der Waals surface area contributed by atoms with Gasteiger partial charge < -0.3 is 0 Å². The Bertz CT molecular complexity index is 307. The molecular weight excluding hydrogens is 204 g/mol. The van der Waals surface area contributed by atoms with E-state index in [2.05, 4.69) is 30.8 Å². The summed E-state index contributed by atoms with van der Waals surface area (Å²) in [6.07, 6.45) is 5.97. The first-order valence-corrected chi connectivity index (χ1v) is 5.64. The Kier molecular flexibility index (Phi) is 4.17. The minimum atomic E-state index is -0.0617. The molecule has 4 heteroatoms. The lowest BCUT2D eigenvalue weighted by Gasteiger charge is -2.41. The Morgan fingerprint density at radius 3 is 1.75 bits per heavy atom. The summed E-state index contributed by atoms with van der Waals surface area (Å²) < 4.78 is 0. The van der Waals surface area contributed by atoms with Gasteiger partial charge in [-0.25, -0.2) is 19.6 Å². The minimum Gasteiger partial charge on any atom is -0.211 e. The van der Waals surface area contributed by atoms with Gasteiger partial charge in [-0.3, -0.25) is 0 Å². The van der Waals surface area contributed by atoms with E-state index in [-0.39, 0.29) is 23.4 Å². The largest absolute Gasteiger partial charge is 0.235 e. The Morgan fingerprint density at radius 2 is 1.44 bits per heavy atom. The normalized spacial score (nSPS) is 30.1. The zero-order chi connectivity index (χ0) is 12.2. The Labute approximate surface area is 95.9 Å². The van der Waals surface area contributed by atoms with Crippen LogP contribution >= 0.6 is 0 Å². The van der Waals surface area contributed by atoms with Crippen molar-refractivity contribution < 1.29 is 9.59 Å². The fourth-order valence-electron chi connectivity index (χ4n) is 2.73. The highest BCUT2D eigenvalue weighted by Gasteiger charge is 2.41. The molecule has 4 nitrogen and oxygen atoms in total. The average Bonchev–Trinajstić information content (AvgIpc) is 2.17. The first-order valence-electron chi connectivity index (χ1n) is 5.64. The molecule has 0 spiro atoms. The molecule has 0 aliphatic heterocycles. The first kappa shape index (κ1) is 12.8. The Hall–Kier alpha value is -1.24. The molecule has 1 rings (SSSR count). The zero-order valence-corrected chi connectivity index (χ0v) is 10.1. The number of isocyanates is 2. The predicted octanol–water partition coefficient (Wildman–Crippen LogP) is 2.24. The highest BCUT2D eigenvalue weighted by Crippen LogP contribution is 2.40. The summed E-state index contributed by atoms with van der Waals surface area (Å²) in [5.41, 5.74) is -0.0313. The van der Waals surface area contributed by atoms with Gasteiger partial charge in [0, 0.05) is 5.92 Å². The van der Waals surface area contributed by atoms with Crippen LogP contribution in [0.5, 0.6) is 0 Å². The molecular formula is C12H18N2O2. The number of hydrogen-bond donors (Lipinski definition) is 0. The Morgan fingerprint density at radius 1 is 1.00 bits per heavy atom. The Balaban J connectivity index is 3.02. The van der Waals surface area contributed by atoms with Crippen LogP contribution in [0.3, 0.4) is 0 Å². The van der Waals surface area contributed by atoms with Crippen molar-refractivity contribution in [2.24, 2.45) is 21.3 Å². The third-order valence-corrected chi connectivity index (χ3v) is 3.27. The van der Waals surface area contributed by atoms with E-state index in [0.717, 1.165) is 19.3 Å². The molecule has 0 N–H and O–H groups in total. The molecule has 0 amide bonds. The molecule has 0 heterocycles. The van der Waals surface area contributed by atoms with Crippen molar-refractivity contribution in [2.75, 3.05) is 0 Å². The van der Waals surface area contributed by atoms with Gasteiger partial charge in [0.1, 0.15) is 0 Å². The van der Waals surface area contributed by atoms with Crippen LogP contribution in [0, 0.1) is 11.3 Å². The van der Waals surface area contributed by atoms with Gasteiger partial charge in [0.05, 0.1) is 12.1 Å². The van der Waals surface area contributed by atoms with Crippen LogP contribution in [0.1, 0.15) is 40.0 Å². The number of aliphatic imine (C=N–C) groups is 2. The van der Waals surface area contributed by atoms with Crippen molar-refractivity contribution >= 4 is 12.2 Å². The fraction of sp³-hybridized carbons (Fsp3) is 0.833. The molecule has 1 aliphatic carbocycles. The topological polar surface area (TPSA) is 58.9 Å². The van der Waals surface area contributed by atoms with E-state index in [1.807, 2.05) is 0 Å². The van der Waals surface area contributed by atoms with E-state index in [9.17, 15) is 9.59 Å². The summed E-state index contributed by atoms with van der Waals surface area (Å²) in [4.78, 5) is 28.6. The summed E-state index contributed by atoms with van der Waals surface area (Å²) in [5.74, 6) is 0.115. The molecule has 1 saturated carbocycles. The number of nitrogens with zero attached hydrogens (tertiary/aromatic N) is 2. The second kappa shape index (κ2) is 5.20. The molecule has 2 unspecified atom stereocenters. The molecule has 16 heavy (non-hydrogen) atoms. The smallest absolute Gasteiger partial charge is 0.211 e. The summed E-state index contributed by atoms with van der Waals surface area (Å²) in [6, 6.07) is -0.123. The molecule has 0 bridgehead atoms. The molecule has 1 fully saturated rings. The number of carbonyl (C=O) groups excluding carboxylic acids is 2. The summed E-state index contributed by atoms with van der Waals surface area (Å²) in [7, 11) is 0. The third kappa shape index (κ3) is 2.88. The highest BCUT2D eigenvalue weighted by molar-refractivity contribution is 5.35. The first-order chi connectivity index (χ1) is 7.50. The predicted molar refractivity (Wildman–Crippen MR) is 60.6 cm³/mol. The fourth-order valence-corrected chi connectivity index (χ4v) is 2.73. The lowest BCUT2D eigenvalue weighted by molar-refractivity contribution is 0.131. The van der Waals surface area contributed by atoms with Gasteiger partial charge in [0.25, 0.3) is 0 Å². The molecule has 0 aromatic heterocycles. The molecule has 0 aromatic rings. The standard InChI is InChI=1S/C12H18N2O2/c1-12(2,3)11-9(13-7-15)5-4-6-10(11)14-8-16/h9-11H,4-6H2,1-3H3. The van der Waals surface area contributed by atoms with Gasteiger partial charge in [-0.05, 0) is 24.7 Å². The maximum Gasteiger partial charge on any atom is 0.235 e. The maximum absolute atomic E-state index is 10.4. The van der Waals surface area contributed by atoms with E-state index in [0.29, 0.717) is 0 Å². The summed E-state index contributed by atoms with van der Waals surface area (Å²) in [6.45, 7) is 6.26. The van der Waals surface area contributed by atoms with Crippen LogP contribution in [0.2, 0.25) is 0 Å². The van der Waals surface area contributed by atoms with E-state index in [1.54, 1.807) is 12.2 Å². The van der Waals surface area contributed by atoms with Crippen molar-refractivity contribution in [1.29, 1.82) is 0 Å². The maximum atomic E-state index is 10.4. The molecule has 0 saturated heterocycles. The van der Waals surface area contributed by atoms with Crippen molar-refractivity contribution in [2.45, 2.75) is 52.1 Å². The molecule has 88 valence electrons. The zero-order valence-electron chi connectivity index (χ0n) is 10.1. The molecule has 0 radical (unpaired) electrons. The van der Waals surface area contributed by atoms with Gasteiger partial charge in [0.15, 0.2) is 0 Å². The van der Waals surface area contributed by atoms with Gasteiger partial charge >= 0.3 is 0 Å². The second-order valence-corrected chi connectivity index (χ2v) is 5.40. The lowest BCUT2D eigenvalue weighted by atomic mass is 9.67. The molecule has 1 aliphatic rings. The van der Waals surface area contributed by atoms with Gasteiger partial charge in [0.2, 0.25) is 12.2 Å². The number of rotatable bonds is 2. The molecule has 0 aromatic carbocycles. The van der Waals surface area contributed by atoms with E-state index < -0.39 is 0 Å². The summed E-state index contributed by atoms with van der Waals surface area (Å²) >= 11 is 0. The molecule has 2 atom stereocenters. The quantitative estimate of drug-likeness (QED) is 0.531.